The van der Waals surface area contributed by atoms with Gasteiger partial charge in [0.05, 0.1) is 6.07 Å². The van der Waals surface area contributed by atoms with Crippen molar-refractivity contribution in [1.82, 2.24) is 5.32 Å². The van der Waals surface area contributed by atoms with Crippen LogP contribution in [0.25, 0.3) is 0 Å². The molecule has 3 nitrogen and oxygen atoms in total. The fourth-order valence-corrected chi connectivity index (χ4v) is 3.47. The average Bonchev–Trinajstić information content (AvgIpc) is 2.47. The van der Waals surface area contributed by atoms with Crippen LogP contribution in [0.5, 0.6) is 0 Å². The van der Waals surface area contributed by atoms with Gasteiger partial charge >= 0.3 is 0 Å². The molecule has 0 bridgehead atoms. The molecular formula is C17H30N2O. The summed E-state index contributed by atoms with van der Waals surface area (Å²) in [7, 11) is 0. The van der Waals surface area contributed by atoms with Crippen LogP contribution in [0.2, 0.25) is 0 Å². The molecule has 1 atom stereocenters. The van der Waals surface area contributed by atoms with Gasteiger partial charge in [0.25, 0.3) is 0 Å². The molecule has 0 aromatic carbocycles. The summed E-state index contributed by atoms with van der Waals surface area (Å²) < 4.78 is 0. The maximum atomic E-state index is 12.6. The first-order chi connectivity index (χ1) is 9.59. The number of nitriles is 1. The number of nitrogens with zero attached hydrogens (tertiary/aromatic N) is 1. The van der Waals surface area contributed by atoms with Crippen LogP contribution < -0.4 is 5.32 Å². The van der Waals surface area contributed by atoms with Gasteiger partial charge in [-0.25, -0.2) is 0 Å². The lowest BCUT2D eigenvalue weighted by molar-refractivity contribution is -0.130. The second kappa shape index (κ2) is 8.29. The molecular weight excluding hydrogens is 248 g/mol. The fraction of sp³-hybridized carbons (Fsp3) is 0.882. The zero-order valence-electron chi connectivity index (χ0n) is 13.4. The van der Waals surface area contributed by atoms with Crippen LogP contribution in [0.1, 0.15) is 78.6 Å². The Balaban J connectivity index is 2.67. The molecule has 0 aromatic rings. The van der Waals surface area contributed by atoms with E-state index in [1.54, 1.807) is 0 Å². The van der Waals surface area contributed by atoms with E-state index in [4.69, 9.17) is 0 Å². The molecule has 1 aliphatic rings. The zero-order valence-corrected chi connectivity index (χ0v) is 13.4. The predicted octanol–water partition coefficient (Wildman–Crippen LogP) is 4.18. The number of carbonyl (C=O) groups is 1. The molecule has 1 fully saturated rings. The van der Waals surface area contributed by atoms with Gasteiger partial charge in [0.15, 0.2) is 0 Å². The second-order valence-electron chi connectivity index (χ2n) is 6.35. The lowest BCUT2D eigenvalue weighted by atomic mass is 9.78. The third-order valence-electron chi connectivity index (χ3n) is 4.72. The number of nitrogens with one attached hydrogen (secondary N) is 1. The Hall–Kier alpha value is -1.04. The van der Waals surface area contributed by atoms with E-state index in [9.17, 15) is 10.1 Å². The van der Waals surface area contributed by atoms with E-state index in [0.717, 1.165) is 12.8 Å². The largest absolute Gasteiger partial charge is 0.352 e. The van der Waals surface area contributed by atoms with E-state index in [1.165, 1.54) is 32.1 Å². The van der Waals surface area contributed by atoms with E-state index >= 15 is 0 Å². The Morgan fingerprint density at radius 3 is 2.25 bits per heavy atom. The Labute approximate surface area is 124 Å². The third kappa shape index (κ3) is 4.23. The number of rotatable bonds is 7. The summed E-state index contributed by atoms with van der Waals surface area (Å²) in [4.78, 5) is 12.6. The molecule has 20 heavy (non-hydrogen) atoms. The Morgan fingerprint density at radius 2 is 1.80 bits per heavy atom. The summed E-state index contributed by atoms with van der Waals surface area (Å²) in [6.45, 7) is 6.19. The van der Waals surface area contributed by atoms with Crippen LogP contribution in [0.3, 0.4) is 0 Å². The topological polar surface area (TPSA) is 52.9 Å². The summed E-state index contributed by atoms with van der Waals surface area (Å²) in [5, 5.41) is 12.7. The van der Waals surface area contributed by atoms with Crippen molar-refractivity contribution in [3.8, 4) is 6.07 Å². The Morgan fingerprint density at radius 1 is 1.25 bits per heavy atom. The van der Waals surface area contributed by atoms with Crippen molar-refractivity contribution < 1.29 is 4.79 Å². The maximum absolute atomic E-state index is 12.6. The van der Waals surface area contributed by atoms with E-state index in [1.807, 2.05) is 13.8 Å². The SMILES string of the molecule is CCCC(C#N)(CCC)C(=O)NC(C)C1CCCCC1. The Bertz CT molecular complexity index is 333. The normalized spacial score (nSPS) is 18.3. The van der Waals surface area contributed by atoms with Crippen molar-refractivity contribution in [2.24, 2.45) is 11.3 Å². The van der Waals surface area contributed by atoms with Gasteiger partial charge in [0.2, 0.25) is 5.91 Å². The lowest BCUT2D eigenvalue weighted by Gasteiger charge is -2.32. The summed E-state index contributed by atoms with van der Waals surface area (Å²) >= 11 is 0. The quantitative estimate of drug-likeness (QED) is 0.759. The standard InChI is InChI=1S/C17H30N2O/c1-4-11-17(13-18,12-5-2)16(20)19-14(3)15-9-7-6-8-10-15/h14-15H,4-12H2,1-3H3,(H,19,20). The minimum Gasteiger partial charge on any atom is -0.352 e. The molecule has 1 unspecified atom stereocenters. The van der Waals surface area contributed by atoms with Gasteiger partial charge in [-0.2, -0.15) is 5.26 Å². The monoisotopic (exact) mass is 278 g/mol. The van der Waals surface area contributed by atoms with Crippen molar-refractivity contribution in [3.63, 3.8) is 0 Å². The molecule has 1 aliphatic carbocycles. The minimum atomic E-state index is -0.813. The van der Waals surface area contributed by atoms with Crippen LogP contribution >= 0.6 is 0 Å². The van der Waals surface area contributed by atoms with Gasteiger partial charge in [-0.05, 0) is 38.5 Å². The molecule has 1 N–H and O–H groups in total. The number of carbonyl (C=O) groups excluding carboxylic acids is 1. The molecule has 1 saturated carbocycles. The molecule has 0 aromatic heterocycles. The highest BCUT2D eigenvalue weighted by atomic mass is 16.2. The second-order valence-corrected chi connectivity index (χ2v) is 6.35. The Kier molecular flexibility index (Phi) is 7.05. The van der Waals surface area contributed by atoms with E-state index in [0.29, 0.717) is 18.8 Å². The third-order valence-corrected chi connectivity index (χ3v) is 4.72. The van der Waals surface area contributed by atoms with Gasteiger partial charge in [-0.3, -0.25) is 4.79 Å². The van der Waals surface area contributed by atoms with Crippen molar-refractivity contribution in [3.05, 3.63) is 0 Å². The molecule has 0 heterocycles. The fourth-order valence-electron chi connectivity index (χ4n) is 3.47. The van der Waals surface area contributed by atoms with Crippen LogP contribution in [-0.2, 0) is 4.79 Å². The molecule has 1 amide bonds. The van der Waals surface area contributed by atoms with Crippen molar-refractivity contribution in [2.45, 2.75) is 84.6 Å². The molecule has 114 valence electrons. The molecule has 0 radical (unpaired) electrons. The highest BCUT2D eigenvalue weighted by Gasteiger charge is 2.38. The first-order valence-electron chi connectivity index (χ1n) is 8.31. The maximum Gasteiger partial charge on any atom is 0.240 e. The van der Waals surface area contributed by atoms with Crippen LogP contribution in [0, 0.1) is 22.7 Å². The summed E-state index contributed by atoms with van der Waals surface area (Å²) in [5.74, 6) is 0.550. The van der Waals surface area contributed by atoms with Crippen LogP contribution in [0.15, 0.2) is 0 Å². The van der Waals surface area contributed by atoms with Gasteiger partial charge in [0, 0.05) is 6.04 Å². The average molecular weight is 278 g/mol. The lowest BCUT2D eigenvalue weighted by Crippen LogP contribution is -2.47. The number of hydrogen-bond donors (Lipinski definition) is 1. The van der Waals surface area contributed by atoms with E-state index in [2.05, 4.69) is 18.3 Å². The van der Waals surface area contributed by atoms with Gasteiger partial charge in [-0.1, -0.05) is 46.0 Å². The molecule has 0 saturated heterocycles. The minimum absolute atomic E-state index is 0.0400. The smallest absolute Gasteiger partial charge is 0.240 e. The summed E-state index contributed by atoms with van der Waals surface area (Å²) in [5.41, 5.74) is -0.813. The van der Waals surface area contributed by atoms with Crippen molar-refractivity contribution in [1.29, 1.82) is 5.26 Å². The highest BCUT2D eigenvalue weighted by molar-refractivity contribution is 5.85. The van der Waals surface area contributed by atoms with Crippen molar-refractivity contribution >= 4 is 5.91 Å². The molecule has 0 spiro atoms. The zero-order chi connectivity index (χ0) is 15.0. The summed E-state index contributed by atoms with van der Waals surface area (Å²) in [6.07, 6.45) is 9.38. The predicted molar refractivity (Wildman–Crippen MR) is 82.0 cm³/mol. The van der Waals surface area contributed by atoms with Crippen LogP contribution in [0.4, 0.5) is 0 Å². The molecule has 0 aliphatic heterocycles. The van der Waals surface area contributed by atoms with Gasteiger partial charge < -0.3 is 5.32 Å². The van der Waals surface area contributed by atoms with E-state index in [-0.39, 0.29) is 11.9 Å². The van der Waals surface area contributed by atoms with Crippen LogP contribution in [-0.4, -0.2) is 11.9 Å². The first-order valence-corrected chi connectivity index (χ1v) is 8.31. The number of hydrogen-bond acceptors (Lipinski definition) is 2. The number of amides is 1. The highest BCUT2D eigenvalue weighted by Crippen LogP contribution is 2.31. The van der Waals surface area contributed by atoms with Gasteiger partial charge in [-0.15, -0.1) is 0 Å². The van der Waals surface area contributed by atoms with Crippen molar-refractivity contribution in [2.75, 3.05) is 0 Å². The first kappa shape index (κ1) is 17.0. The van der Waals surface area contributed by atoms with Gasteiger partial charge in [0.1, 0.15) is 5.41 Å². The summed E-state index contributed by atoms with van der Waals surface area (Å²) in [6, 6.07) is 2.51. The molecule has 3 heteroatoms. The molecule has 1 rings (SSSR count). The van der Waals surface area contributed by atoms with E-state index < -0.39 is 5.41 Å².